The zero-order valence-electron chi connectivity index (χ0n) is 14.9. The molecule has 2 aliphatic carbocycles. The number of rotatable bonds is 1. The normalized spacial score (nSPS) is 17.3. The summed E-state index contributed by atoms with van der Waals surface area (Å²) in [5, 5.41) is 0. The Kier molecular flexibility index (Phi) is 3.35. The summed E-state index contributed by atoms with van der Waals surface area (Å²) in [6.45, 7) is 2.30. The quantitative estimate of drug-likeness (QED) is 0.457. The molecule has 1 saturated carbocycles. The molecule has 5 rings (SSSR count). The molecular formula is C25H24. The zero-order valence-corrected chi connectivity index (χ0v) is 14.9. The fourth-order valence-corrected chi connectivity index (χ4v) is 5.32. The van der Waals surface area contributed by atoms with Crippen molar-refractivity contribution < 1.29 is 0 Å². The Labute approximate surface area is 150 Å². The van der Waals surface area contributed by atoms with Crippen molar-refractivity contribution in [3.63, 3.8) is 0 Å². The third-order valence-electron chi connectivity index (χ3n) is 6.39. The van der Waals surface area contributed by atoms with Crippen molar-refractivity contribution in [3.8, 4) is 22.3 Å². The van der Waals surface area contributed by atoms with Gasteiger partial charge in [0, 0.05) is 5.41 Å². The summed E-state index contributed by atoms with van der Waals surface area (Å²) in [7, 11) is 0. The van der Waals surface area contributed by atoms with E-state index in [9.17, 15) is 0 Å². The molecule has 1 fully saturated rings. The summed E-state index contributed by atoms with van der Waals surface area (Å²) in [5.41, 5.74) is 10.6. The lowest BCUT2D eigenvalue weighted by Crippen LogP contribution is -2.28. The molecule has 0 saturated heterocycles. The molecule has 2 aliphatic rings. The van der Waals surface area contributed by atoms with Crippen LogP contribution in [0, 0.1) is 6.92 Å². The molecule has 1 spiro atoms. The van der Waals surface area contributed by atoms with Crippen molar-refractivity contribution >= 4 is 0 Å². The third-order valence-corrected chi connectivity index (χ3v) is 6.39. The molecule has 0 radical (unpaired) electrons. The van der Waals surface area contributed by atoms with Crippen molar-refractivity contribution in [1.82, 2.24) is 0 Å². The minimum Gasteiger partial charge on any atom is -0.0622 e. The number of benzene rings is 3. The molecule has 0 unspecified atom stereocenters. The van der Waals surface area contributed by atoms with Gasteiger partial charge in [0.15, 0.2) is 0 Å². The third kappa shape index (κ3) is 2.13. The summed E-state index contributed by atoms with van der Waals surface area (Å²) in [4.78, 5) is 0. The Morgan fingerprint density at radius 2 is 1.48 bits per heavy atom. The summed E-state index contributed by atoms with van der Waals surface area (Å²) in [6.07, 6.45) is 6.69. The fourth-order valence-electron chi connectivity index (χ4n) is 5.32. The van der Waals surface area contributed by atoms with Gasteiger partial charge in [0.25, 0.3) is 0 Å². The van der Waals surface area contributed by atoms with Crippen molar-refractivity contribution in [3.05, 3.63) is 83.4 Å². The van der Waals surface area contributed by atoms with E-state index in [1.165, 1.54) is 59.9 Å². The molecule has 124 valence electrons. The van der Waals surface area contributed by atoms with Gasteiger partial charge in [-0.05, 0) is 64.8 Å². The number of hydrogen-bond acceptors (Lipinski definition) is 0. The molecule has 0 nitrogen and oxygen atoms in total. The van der Waals surface area contributed by atoms with Gasteiger partial charge in [0.1, 0.15) is 0 Å². The lowest BCUT2D eigenvalue weighted by molar-refractivity contribution is 0.351. The topological polar surface area (TPSA) is 0 Å². The number of fused-ring (bicyclic) bond motifs is 5. The number of hydrogen-bond donors (Lipinski definition) is 0. The molecule has 0 heterocycles. The maximum absolute atomic E-state index is 2.50. The lowest BCUT2D eigenvalue weighted by atomic mass is 9.66. The molecule has 0 aliphatic heterocycles. The van der Waals surface area contributed by atoms with Crippen LogP contribution in [0.3, 0.4) is 0 Å². The van der Waals surface area contributed by atoms with Gasteiger partial charge in [-0.1, -0.05) is 79.9 Å². The van der Waals surface area contributed by atoms with Crippen LogP contribution in [0.25, 0.3) is 22.3 Å². The molecule has 0 aromatic heterocycles. The maximum Gasteiger partial charge on any atom is 0.0218 e. The van der Waals surface area contributed by atoms with E-state index >= 15 is 0 Å². The largest absolute Gasteiger partial charge is 0.0622 e. The Hall–Kier alpha value is -2.34. The minimum atomic E-state index is 0.249. The van der Waals surface area contributed by atoms with Gasteiger partial charge in [-0.3, -0.25) is 0 Å². The second-order valence-electron chi connectivity index (χ2n) is 7.77. The Bertz CT molecular complexity index is 928. The van der Waals surface area contributed by atoms with Gasteiger partial charge in [0.2, 0.25) is 0 Å². The van der Waals surface area contributed by atoms with E-state index < -0.39 is 0 Å². The van der Waals surface area contributed by atoms with E-state index in [0.717, 1.165) is 0 Å². The standard InChI is InChI=1S/C25H24/c1-18-9-8-12-22-21-14-13-20(19-10-4-2-5-11-19)17-23(21)25(24(18)22)15-6-3-7-16-25/h2,4-5,8-14,17H,3,6-7,15-16H2,1H3. The Morgan fingerprint density at radius 1 is 0.680 bits per heavy atom. The first kappa shape index (κ1) is 15.0. The van der Waals surface area contributed by atoms with Crippen molar-refractivity contribution in [2.75, 3.05) is 0 Å². The maximum atomic E-state index is 2.50. The smallest absolute Gasteiger partial charge is 0.0218 e. The van der Waals surface area contributed by atoms with E-state index in [2.05, 4.69) is 73.7 Å². The summed E-state index contributed by atoms with van der Waals surface area (Å²) >= 11 is 0. The SMILES string of the molecule is Cc1cccc2c1C1(CCCCC1)c1cc(-c3ccccc3)ccc1-2. The average Bonchev–Trinajstić information content (AvgIpc) is 2.94. The monoisotopic (exact) mass is 324 g/mol. The Morgan fingerprint density at radius 3 is 2.28 bits per heavy atom. The first-order chi connectivity index (χ1) is 12.3. The average molecular weight is 324 g/mol. The summed E-state index contributed by atoms with van der Waals surface area (Å²) in [6, 6.07) is 24.9. The molecule has 0 bridgehead atoms. The van der Waals surface area contributed by atoms with Gasteiger partial charge in [-0.2, -0.15) is 0 Å². The molecule has 25 heavy (non-hydrogen) atoms. The highest BCUT2D eigenvalue weighted by molar-refractivity contribution is 5.85. The molecule has 0 amide bonds. The van der Waals surface area contributed by atoms with Gasteiger partial charge in [-0.15, -0.1) is 0 Å². The summed E-state index contributed by atoms with van der Waals surface area (Å²) in [5.74, 6) is 0. The number of aryl methyl sites for hydroxylation is 1. The highest BCUT2D eigenvalue weighted by Gasteiger charge is 2.44. The van der Waals surface area contributed by atoms with Crippen LogP contribution in [0.2, 0.25) is 0 Å². The van der Waals surface area contributed by atoms with Crippen LogP contribution in [-0.4, -0.2) is 0 Å². The molecule has 3 aromatic rings. The van der Waals surface area contributed by atoms with Gasteiger partial charge < -0.3 is 0 Å². The lowest BCUT2D eigenvalue weighted by Gasteiger charge is -2.37. The van der Waals surface area contributed by atoms with Crippen molar-refractivity contribution in [1.29, 1.82) is 0 Å². The van der Waals surface area contributed by atoms with Gasteiger partial charge in [-0.25, -0.2) is 0 Å². The minimum absolute atomic E-state index is 0.249. The van der Waals surface area contributed by atoms with E-state index in [0.29, 0.717) is 0 Å². The Balaban J connectivity index is 1.76. The molecule has 0 heteroatoms. The van der Waals surface area contributed by atoms with Crippen LogP contribution < -0.4 is 0 Å². The van der Waals surface area contributed by atoms with Gasteiger partial charge >= 0.3 is 0 Å². The second kappa shape index (κ2) is 5.59. The molecular weight excluding hydrogens is 300 g/mol. The van der Waals surface area contributed by atoms with Crippen LogP contribution >= 0.6 is 0 Å². The van der Waals surface area contributed by atoms with Crippen molar-refractivity contribution in [2.24, 2.45) is 0 Å². The highest BCUT2D eigenvalue weighted by Crippen LogP contribution is 2.57. The van der Waals surface area contributed by atoms with Crippen LogP contribution in [0.4, 0.5) is 0 Å². The van der Waals surface area contributed by atoms with Crippen LogP contribution in [0.15, 0.2) is 66.7 Å². The summed E-state index contributed by atoms with van der Waals surface area (Å²) < 4.78 is 0. The van der Waals surface area contributed by atoms with Crippen LogP contribution in [-0.2, 0) is 5.41 Å². The predicted molar refractivity (Wildman–Crippen MR) is 106 cm³/mol. The first-order valence-electron chi connectivity index (χ1n) is 9.60. The van der Waals surface area contributed by atoms with E-state index in [1.54, 1.807) is 11.1 Å². The molecule has 0 N–H and O–H groups in total. The van der Waals surface area contributed by atoms with Gasteiger partial charge in [0.05, 0.1) is 0 Å². The predicted octanol–water partition coefficient (Wildman–Crippen LogP) is 6.89. The molecule has 0 atom stereocenters. The first-order valence-corrected chi connectivity index (χ1v) is 9.60. The second-order valence-corrected chi connectivity index (χ2v) is 7.77. The van der Waals surface area contributed by atoms with E-state index in [1.807, 2.05) is 0 Å². The molecule has 3 aromatic carbocycles. The van der Waals surface area contributed by atoms with Crippen LogP contribution in [0.1, 0.15) is 48.8 Å². The van der Waals surface area contributed by atoms with E-state index in [4.69, 9.17) is 0 Å². The highest BCUT2D eigenvalue weighted by atomic mass is 14.5. The fraction of sp³-hybridized carbons (Fsp3) is 0.280. The zero-order chi connectivity index (χ0) is 16.9. The van der Waals surface area contributed by atoms with Crippen molar-refractivity contribution in [2.45, 2.75) is 44.4 Å². The van der Waals surface area contributed by atoms with Crippen LogP contribution in [0.5, 0.6) is 0 Å². The van der Waals surface area contributed by atoms with E-state index in [-0.39, 0.29) is 5.41 Å².